The van der Waals surface area contributed by atoms with Gasteiger partial charge in [-0.25, -0.2) is 0 Å². The maximum absolute atomic E-state index is 11.9. The van der Waals surface area contributed by atoms with E-state index >= 15 is 0 Å². The molecule has 1 fully saturated rings. The maximum Gasteiger partial charge on any atom is 0.241 e. The lowest BCUT2D eigenvalue weighted by molar-refractivity contribution is -0.136. The van der Waals surface area contributed by atoms with E-state index in [9.17, 15) is 4.79 Å². The number of amides is 1. The van der Waals surface area contributed by atoms with Crippen molar-refractivity contribution in [2.75, 3.05) is 40.3 Å². The van der Waals surface area contributed by atoms with Gasteiger partial charge >= 0.3 is 0 Å². The van der Waals surface area contributed by atoms with Crippen LogP contribution < -0.4 is 5.32 Å². The normalized spacial score (nSPS) is 23.3. The lowest BCUT2D eigenvalue weighted by Crippen LogP contribution is -2.58. The Morgan fingerprint density at radius 1 is 1.57 bits per heavy atom. The minimum absolute atomic E-state index is 0.00898. The largest absolute Gasteiger partial charge is 0.340 e. The maximum atomic E-state index is 11.9. The molecule has 1 N–H and O–H groups in total. The van der Waals surface area contributed by atoms with E-state index in [-0.39, 0.29) is 11.9 Å². The fourth-order valence-corrected chi connectivity index (χ4v) is 1.79. The molecule has 0 aliphatic carbocycles. The number of carbonyl (C=O) groups excluding carboxylic acids is 1. The first-order valence-corrected chi connectivity index (χ1v) is 5.32. The van der Waals surface area contributed by atoms with Crippen LogP contribution in [-0.2, 0) is 4.79 Å². The highest BCUT2D eigenvalue weighted by Gasteiger charge is 2.27. The van der Waals surface area contributed by atoms with Crippen LogP contribution in [0.1, 0.15) is 13.3 Å². The molecule has 4 heteroatoms. The van der Waals surface area contributed by atoms with E-state index in [4.69, 9.17) is 0 Å². The van der Waals surface area contributed by atoms with Gasteiger partial charge in [0.05, 0.1) is 6.04 Å². The molecule has 4 nitrogen and oxygen atoms in total. The molecule has 1 saturated heterocycles. The van der Waals surface area contributed by atoms with Gasteiger partial charge in [0.2, 0.25) is 5.91 Å². The van der Waals surface area contributed by atoms with Crippen molar-refractivity contribution in [3.63, 3.8) is 0 Å². The molecule has 1 rings (SSSR count). The summed E-state index contributed by atoms with van der Waals surface area (Å²) >= 11 is 0. The number of carbonyl (C=O) groups is 1. The summed E-state index contributed by atoms with van der Waals surface area (Å²) in [6.45, 7) is 5.57. The Morgan fingerprint density at radius 3 is 2.86 bits per heavy atom. The summed E-state index contributed by atoms with van der Waals surface area (Å²) in [6.07, 6.45) is 1.04. The monoisotopic (exact) mass is 199 g/mol. The average Bonchev–Trinajstić information content (AvgIpc) is 2.11. The Kier molecular flexibility index (Phi) is 4.35. The lowest BCUT2D eigenvalue weighted by atomic mass is 10.2. The average molecular weight is 199 g/mol. The molecule has 1 unspecified atom stereocenters. The van der Waals surface area contributed by atoms with Crippen LogP contribution in [0.2, 0.25) is 0 Å². The molecule has 0 aromatic carbocycles. The molecule has 1 heterocycles. The topological polar surface area (TPSA) is 35.6 Å². The van der Waals surface area contributed by atoms with Crippen LogP contribution in [0.15, 0.2) is 0 Å². The van der Waals surface area contributed by atoms with Gasteiger partial charge in [0.25, 0.3) is 0 Å². The highest BCUT2D eigenvalue weighted by Crippen LogP contribution is 2.03. The van der Waals surface area contributed by atoms with Gasteiger partial charge in [-0.3, -0.25) is 4.79 Å². The summed E-state index contributed by atoms with van der Waals surface area (Å²) < 4.78 is 0. The Morgan fingerprint density at radius 2 is 2.29 bits per heavy atom. The van der Waals surface area contributed by atoms with Crippen molar-refractivity contribution in [2.24, 2.45) is 0 Å². The predicted molar refractivity (Wildman–Crippen MR) is 57.2 cm³/mol. The first-order valence-electron chi connectivity index (χ1n) is 5.32. The first-order chi connectivity index (χ1) is 6.65. The highest BCUT2D eigenvalue weighted by atomic mass is 16.2. The van der Waals surface area contributed by atoms with Crippen molar-refractivity contribution in [2.45, 2.75) is 19.4 Å². The molecule has 1 amide bonds. The van der Waals surface area contributed by atoms with Gasteiger partial charge in [-0.05, 0) is 20.5 Å². The van der Waals surface area contributed by atoms with Crippen LogP contribution in [-0.4, -0.2) is 62.0 Å². The van der Waals surface area contributed by atoms with E-state index in [0.29, 0.717) is 0 Å². The van der Waals surface area contributed by atoms with Crippen LogP contribution in [0, 0.1) is 0 Å². The van der Waals surface area contributed by atoms with Crippen molar-refractivity contribution in [3.8, 4) is 0 Å². The zero-order valence-corrected chi connectivity index (χ0v) is 9.42. The fourth-order valence-electron chi connectivity index (χ4n) is 1.79. The Labute approximate surface area is 86.2 Å². The number of rotatable bonds is 4. The number of nitrogens with zero attached hydrogens (tertiary/aromatic N) is 2. The van der Waals surface area contributed by atoms with Crippen LogP contribution in [0.4, 0.5) is 0 Å². The summed E-state index contributed by atoms with van der Waals surface area (Å²) in [5.41, 5.74) is 0. The number of hydrogen-bond donors (Lipinski definition) is 1. The second-order valence-electron chi connectivity index (χ2n) is 4.09. The number of nitrogens with one attached hydrogen (secondary N) is 1. The number of piperazine rings is 1. The van der Waals surface area contributed by atoms with Crippen LogP contribution >= 0.6 is 0 Å². The molecular formula is C10H21N3O. The second-order valence-corrected chi connectivity index (χ2v) is 4.09. The molecule has 0 aromatic rings. The number of likely N-dealkylation sites (N-methyl/N-ethyl adjacent to an activating group) is 1. The minimum atomic E-state index is -0.00898. The van der Waals surface area contributed by atoms with Gasteiger partial charge in [-0.2, -0.15) is 0 Å². The van der Waals surface area contributed by atoms with E-state index in [1.54, 1.807) is 0 Å². The standard InChI is InChI=1S/C10H21N3O/c1-4-6-13-7-5-11-9(10(13)14)8-12(2)3/h9,11H,4-8H2,1-3H3. The van der Waals surface area contributed by atoms with Crippen molar-refractivity contribution in [1.82, 2.24) is 15.1 Å². The SMILES string of the molecule is CCCN1CCNC(CN(C)C)C1=O. The Balaban J connectivity index is 2.48. The molecule has 0 bridgehead atoms. The van der Waals surface area contributed by atoms with Crippen molar-refractivity contribution in [3.05, 3.63) is 0 Å². The molecule has 0 radical (unpaired) electrons. The Hall–Kier alpha value is -0.610. The van der Waals surface area contributed by atoms with Crippen LogP contribution in [0.5, 0.6) is 0 Å². The minimum Gasteiger partial charge on any atom is -0.340 e. The molecule has 0 spiro atoms. The summed E-state index contributed by atoms with van der Waals surface area (Å²) in [6, 6.07) is -0.00898. The molecule has 0 saturated carbocycles. The van der Waals surface area contributed by atoms with Gasteiger partial charge in [0, 0.05) is 26.2 Å². The van der Waals surface area contributed by atoms with Crippen LogP contribution in [0.25, 0.3) is 0 Å². The molecule has 82 valence electrons. The van der Waals surface area contributed by atoms with E-state index in [2.05, 4.69) is 12.2 Å². The van der Waals surface area contributed by atoms with Crippen molar-refractivity contribution < 1.29 is 4.79 Å². The third-order valence-electron chi connectivity index (χ3n) is 2.42. The van der Waals surface area contributed by atoms with Gasteiger partial charge in [-0.1, -0.05) is 6.92 Å². The van der Waals surface area contributed by atoms with E-state index in [0.717, 1.165) is 32.6 Å². The zero-order chi connectivity index (χ0) is 10.6. The molecule has 0 aromatic heterocycles. The Bertz CT molecular complexity index is 192. The van der Waals surface area contributed by atoms with E-state index in [1.165, 1.54) is 0 Å². The summed E-state index contributed by atoms with van der Waals surface area (Å²) in [5, 5.41) is 3.26. The van der Waals surface area contributed by atoms with Gasteiger partial charge in [0.15, 0.2) is 0 Å². The molecule has 1 aliphatic rings. The smallest absolute Gasteiger partial charge is 0.241 e. The predicted octanol–water partition coefficient (Wildman–Crippen LogP) is -0.242. The summed E-state index contributed by atoms with van der Waals surface area (Å²) in [4.78, 5) is 15.9. The first kappa shape index (κ1) is 11.5. The number of hydrogen-bond acceptors (Lipinski definition) is 3. The van der Waals surface area contributed by atoms with Gasteiger partial charge in [-0.15, -0.1) is 0 Å². The van der Waals surface area contributed by atoms with E-state index < -0.39 is 0 Å². The molecule has 1 aliphatic heterocycles. The molecule has 1 atom stereocenters. The lowest BCUT2D eigenvalue weighted by Gasteiger charge is -2.34. The van der Waals surface area contributed by atoms with E-state index in [1.807, 2.05) is 23.9 Å². The third-order valence-corrected chi connectivity index (χ3v) is 2.42. The van der Waals surface area contributed by atoms with Crippen molar-refractivity contribution >= 4 is 5.91 Å². The van der Waals surface area contributed by atoms with Gasteiger partial charge < -0.3 is 15.1 Å². The highest BCUT2D eigenvalue weighted by molar-refractivity contribution is 5.82. The molecule has 14 heavy (non-hydrogen) atoms. The zero-order valence-electron chi connectivity index (χ0n) is 9.42. The quantitative estimate of drug-likeness (QED) is 0.678. The summed E-state index contributed by atoms with van der Waals surface area (Å²) in [7, 11) is 3.99. The van der Waals surface area contributed by atoms with Crippen LogP contribution in [0.3, 0.4) is 0 Å². The summed E-state index contributed by atoms with van der Waals surface area (Å²) in [5.74, 6) is 0.256. The van der Waals surface area contributed by atoms with Gasteiger partial charge in [0.1, 0.15) is 0 Å². The van der Waals surface area contributed by atoms with Crippen molar-refractivity contribution in [1.29, 1.82) is 0 Å². The fraction of sp³-hybridized carbons (Fsp3) is 0.900. The third kappa shape index (κ3) is 2.96. The second kappa shape index (κ2) is 5.32. The molecular weight excluding hydrogens is 178 g/mol.